The minimum absolute atomic E-state index is 0.138. The summed E-state index contributed by atoms with van der Waals surface area (Å²) in [5.41, 5.74) is 0. The molecule has 0 aromatic heterocycles. The number of hydrogen-bond acceptors (Lipinski definition) is 3. The third kappa shape index (κ3) is 5.31. The Hall–Kier alpha value is -1.36. The van der Waals surface area contributed by atoms with Gasteiger partial charge in [0.05, 0.1) is 12.6 Å². The molecule has 0 heterocycles. The van der Waals surface area contributed by atoms with Crippen molar-refractivity contribution in [1.82, 2.24) is 16.0 Å². The number of amides is 2. The van der Waals surface area contributed by atoms with E-state index in [0.29, 0.717) is 6.54 Å². The van der Waals surface area contributed by atoms with Gasteiger partial charge in [0.1, 0.15) is 0 Å². The first-order valence-electron chi connectivity index (χ1n) is 4.44. The van der Waals surface area contributed by atoms with Gasteiger partial charge in [-0.1, -0.05) is 6.08 Å². The van der Waals surface area contributed by atoms with E-state index < -0.39 is 0 Å². The van der Waals surface area contributed by atoms with Crippen LogP contribution < -0.4 is 16.0 Å². The highest BCUT2D eigenvalue weighted by atomic mass is 16.2. The number of carbonyl (C=O) groups is 2. The Morgan fingerprint density at radius 2 is 2.14 bits per heavy atom. The van der Waals surface area contributed by atoms with Crippen molar-refractivity contribution in [3.05, 3.63) is 12.7 Å². The van der Waals surface area contributed by atoms with Crippen molar-refractivity contribution < 1.29 is 9.59 Å². The highest BCUT2D eigenvalue weighted by Gasteiger charge is 2.11. The summed E-state index contributed by atoms with van der Waals surface area (Å²) in [6, 6.07) is -0.382. The second-order valence-corrected chi connectivity index (χ2v) is 2.81. The van der Waals surface area contributed by atoms with E-state index in [1.165, 1.54) is 0 Å². The van der Waals surface area contributed by atoms with Crippen LogP contribution >= 0.6 is 0 Å². The van der Waals surface area contributed by atoms with Crippen molar-refractivity contribution in [2.45, 2.75) is 13.0 Å². The summed E-state index contributed by atoms with van der Waals surface area (Å²) in [6.45, 7) is 5.75. The van der Waals surface area contributed by atoms with Crippen molar-refractivity contribution in [3.63, 3.8) is 0 Å². The lowest BCUT2D eigenvalue weighted by Gasteiger charge is -2.12. The molecule has 0 fully saturated rings. The number of hydrogen-bond donors (Lipinski definition) is 3. The third-order valence-electron chi connectivity index (χ3n) is 1.66. The Morgan fingerprint density at radius 1 is 1.50 bits per heavy atom. The fourth-order valence-electron chi connectivity index (χ4n) is 0.753. The minimum Gasteiger partial charge on any atom is -0.358 e. The van der Waals surface area contributed by atoms with Gasteiger partial charge in [-0.2, -0.15) is 0 Å². The average Bonchev–Trinajstić information content (AvgIpc) is 2.21. The molecule has 0 bridgehead atoms. The second kappa shape index (κ2) is 7.08. The molecule has 14 heavy (non-hydrogen) atoms. The van der Waals surface area contributed by atoms with Gasteiger partial charge in [-0.05, 0) is 6.92 Å². The molecule has 80 valence electrons. The molecule has 2 amide bonds. The summed E-state index contributed by atoms with van der Waals surface area (Å²) < 4.78 is 0. The van der Waals surface area contributed by atoms with Crippen LogP contribution in [0.4, 0.5) is 0 Å². The first-order valence-corrected chi connectivity index (χ1v) is 4.44. The van der Waals surface area contributed by atoms with Gasteiger partial charge >= 0.3 is 0 Å². The molecule has 0 rings (SSSR count). The maximum Gasteiger partial charge on any atom is 0.237 e. The van der Waals surface area contributed by atoms with E-state index in [0.717, 1.165) is 0 Å². The van der Waals surface area contributed by atoms with Crippen LogP contribution in [0.15, 0.2) is 12.7 Å². The fraction of sp³-hybridized carbons (Fsp3) is 0.556. The predicted octanol–water partition coefficient (Wildman–Crippen LogP) is -0.987. The standard InChI is InChI=1S/C9H17N3O2/c1-4-5-11-9(14)7(2)12-6-8(13)10-3/h4,7,12H,1,5-6H2,2-3H3,(H,10,13)(H,11,14). The van der Waals surface area contributed by atoms with Gasteiger partial charge in [-0.3, -0.25) is 14.9 Å². The van der Waals surface area contributed by atoms with Crippen molar-refractivity contribution in [2.75, 3.05) is 20.1 Å². The molecule has 1 atom stereocenters. The second-order valence-electron chi connectivity index (χ2n) is 2.81. The maximum atomic E-state index is 11.2. The lowest BCUT2D eigenvalue weighted by molar-refractivity contribution is -0.123. The average molecular weight is 199 g/mol. The van der Waals surface area contributed by atoms with Crippen LogP contribution in [0.5, 0.6) is 0 Å². The van der Waals surface area contributed by atoms with Crippen LogP contribution in [0.3, 0.4) is 0 Å². The highest BCUT2D eigenvalue weighted by molar-refractivity contribution is 5.83. The zero-order valence-corrected chi connectivity index (χ0v) is 8.59. The van der Waals surface area contributed by atoms with Crippen LogP contribution in [0.1, 0.15) is 6.92 Å². The maximum absolute atomic E-state index is 11.2. The molecule has 0 saturated carbocycles. The fourth-order valence-corrected chi connectivity index (χ4v) is 0.753. The van der Waals surface area contributed by atoms with E-state index in [2.05, 4.69) is 22.5 Å². The summed E-state index contributed by atoms with van der Waals surface area (Å²) in [4.78, 5) is 22.1. The number of nitrogens with one attached hydrogen (secondary N) is 3. The van der Waals surface area contributed by atoms with E-state index in [9.17, 15) is 9.59 Å². The minimum atomic E-state index is -0.382. The van der Waals surface area contributed by atoms with E-state index in [1.54, 1.807) is 20.0 Å². The van der Waals surface area contributed by atoms with Gasteiger partial charge in [-0.25, -0.2) is 0 Å². The molecule has 3 N–H and O–H groups in total. The Labute approximate surface area is 83.9 Å². The smallest absolute Gasteiger partial charge is 0.237 e. The molecule has 0 aromatic carbocycles. The molecular formula is C9H17N3O2. The van der Waals surface area contributed by atoms with E-state index in [4.69, 9.17) is 0 Å². The largest absolute Gasteiger partial charge is 0.358 e. The molecule has 0 aliphatic carbocycles. The van der Waals surface area contributed by atoms with Gasteiger partial charge < -0.3 is 10.6 Å². The lowest BCUT2D eigenvalue weighted by Crippen LogP contribution is -2.45. The normalized spacial score (nSPS) is 11.6. The number of rotatable bonds is 6. The predicted molar refractivity (Wildman–Crippen MR) is 54.7 cm³/mol. The molecule has 5 nitrogen and oxygen atoms in total. The molecule has 0 saturated heterocycles. The SMILES string of the molecule is C=CCNC(=O)C(C)NCC(=O)NC. The van der Waals surface area contributed by atoms with Gasteiger partial charge in [0.2, 0.25) is 11.8 Å². The van der Waals surface area contributed by atoms with Gasteiger partial charge in [-0.15, -0.1) is 6.58 Å². The molecular weight excluding hydrogens is 182 g/mol. The zero-order valence-electron chi connectivity index (χ0n) is 8.59. The van der Waals surface area contributed by atoms with Crippen LogP contribution in [-0.2, 0) is 9.59 Å². The van der Waals surface area contributed by atoms with E-state index in [-0.39, 0.29) is 24.4 Å². The Morgan fingerprint density at radius 3 is 2.64 bits per heavy atom. The van der Waals surface area contributed by atoms with Crippen LogP contribution in [0, 0.1) is 0 Å². The summed E-state index contributed by atoms with van der Waals surface area (Å²) in [5.74, 6) is -0.290. The Balaban J connectivity index is 3.71. The number of likely N-dealkylation sites (N-methyl/N-ethyl adjacent to an activating group) is 1. The summed E-state index contributed by atoms with van der Waals surface area (Å²) in [6.07, 6.45) is 1.60. The van der Waals surface area contributed by atoms with Gasteiger partial charge in [0.15, 0.2) is 0 Å². The molecule has 0 aliphatic heterocycles. The van der Waals surface area contributed by atoms with Crippen LogP contribution in [0.25, 0.3) is 0 Å². The van der Waals surface area contributed by atoms with Crippen molar-refractivity contribution >= 4 is 11.8 Å². The Bertz CT molecular complexity index is 216. The third-order valence-corrected chi connectivity index (χ3v) is 1.66. The zero-order chi connectivity index (χ0) is 11.0. The molecule has 0 aliphatic rings. The van der Waals surface area contributed by atoms with E-state index >= 15 is 0 Å². The highest BCUT2D eigenvalue weighted by Crippen LogP contribution is 1.80. The summed E-state index contributed by atoms with van der Waals surface area (Å²) >= 11 is 0. The molecule has 0 aromatic rings. The van der Waals surface area contributed by atoms with Crippen molar-refractivity contribution in [2.24, 2.45) is 0 Å². The van der Waals surface area contributed by atoms with E-state index in [1.807, 2.05) is 0 Å². The Kier molecular flexibility index (Phi) is 6.39. The summed E-state index contributed by atoms with van der Waals surface area (Å²) in [7, 11) is 1.55. The quantitative estimate of drug-likeness (QED) is 0.481. The summed E-state index contributed by atoms with van der Waals surface area (Å²) in [5, 5.41) is 7.86. The topological polar surface area (TPSA) is 70.2 Å². The van der Waals surface area contributed by atoms with Gasteiger partial charge in [0, 0.05) is 13.6 Å². The van der Waals surface area contributed by atoms with Crippen molar-refractivity contribution in [3.8, 4) is 0 Å². The molecule has 0 spiro atoms. The molecule has 5 heteroatoms. The molecule has 0 radical (unpaired) electrons. The first-order chi connectivity index (χ1) is 6.61. The van der Waals surface area contributed by atoms with Crippen molar-refractivity contribution in [1.29, 1.82) is 0 Å². The van der Waals surface area contributed by atoms with Gasteiger partial charge in [0.25, 0.3) is 0 Å². The lowest BCUT2D eigenvalue weighted by atomic mass is 10.3. The molecule has 1 unspecified atom stereocenters. The van der Waals surface area contributed by atoms with Crippen LogP contribution in [0.2, 0.25) is 0 Å². The first kappa shape index (κ1) is 12.6. The monoisotopic (exact) mass is 199 g/mol. The van der Waals surface area contributed by atoms with Crippen LogP contribution in [-0.4, -0.2) is 38.0 Å². The number of carbonyl (C=O) groups excluding carboxylic acids is 2.